The third kappa shape index (κ3) is 5.10. The molecule has 0 aromatic heterocycles. The molecule has 0 aliphatic rings. The lowest BCUT2D eigenvalue weighted by Crippen LogP contribution is -2.43. The number of hydrogen-bond acceptors (Lipinski definition) is 3. The minimum absolute atomic E-state index is 0.0447. The Morgan fingerprint density at radius 2 is 1.95 bits per heavy atom. The van der Waals surface area contributed by atoms with Crippen molar-refractivity contribution in [1.29, 1.82) is 0 Å². The summed E-state index contributed by atoms with van der Waals surface area (Å²) in [6, 6.07) is 4.78. The standard InChI is InChI=1S/C16H23NO4/c1-10-8-12(16(3,4)5)6-7-14(10)21-9-13(15(19)20)17-11(2)18/h6-8,13H,9H2,1-5H3,(H,17,18)(H,19,20). The van der Waals surface area contributed by atoms with Gasteiger partial charge >= 0.3 is 5.97 Å². The van der Waals surface area contributed by atoms with E-state index in [4.69, 9.17) is 9.84 Å². The van der Waals surface area contributed by atoms with Crippen LogP contribution in [0.4, 0.5) is 0 Å². The van der Waals surface area contributed by atoms with Crippen molar-refractivity contribution < 1.29 is 19.4 Å². The van der Waals surface area contributed by atoms with Gasteiger partial charge < -0.3 is 15.2 Å². The molecule has 1 atom stereocenters. The molecule has 0 saturated carbocycles. The molecule has 0 saturated heterocycles. The number of carboxylic acid groups (broad SMARTS) is 1. The van der Waals surface area contributed by atoms with E-state index in [0.29, 0.717) is 5.75 Å². The number of aryl methyl sites for hydroxylation is 1. The van der Waals surface area contributed by atoms with Gasteiger partial charge in [0, 0.05) is 6.92 Å². The van der Waals surface area contributed by atoms with Crippen LogP contribution in [0.1, 0.15) is 38.8 Å². The molecule has 1 unspecified atom stereocenters. The summed E-state index contributed by atoms with van der Waals surface area (Å²) in [5.74, 6) is -0.889. The minimum atomic E-state index is -1.12. The Morgan fingerprint density at radius 1 is 1.33 bits per heavy atom. The monoisotopic (exact) mass is 293 g/mol. The number of carboxylic acids is 1. The van der Waals surface area contributed by atoms with E-state index < -0.39 is 17.9 Å². The average molecular weight is 293 g/mol. The molecular formula is C16H23NO4. The van der Waals surface area contributed by atoms with Crippen LogP contribution in [-0.4, -0.2) is 29.6 Å². The minimum Gasteiger partial charge on any atom is -0.491 e. The van der Waals surface area contributed by atoms with Gasteiger partial charge in [-0.1, -0.05) is 32.9 Å². The third-order valence-electron chi connectivity index (χ3n) is 3.12. The molecule has 0 aliphatic carbocycles. The molecule has 0 heterocycles. The Labute approximate surface area is 125 Å². The number of rotatable bonds is 5. The highest BCUT2D eigenvalue weighted by Crippen LogP contribution is 2.27. The summed E-state index contributed by atoms with van der Waals surface area (Å²) in [7, 11) is 0. The summed E-state index contributed by atoms with van der Waals surface area (Å²) in [6.07, 6.45) is 0. The summed E-state index contributed by atoms with van der Waals surface area (Å²) >= 11 is 0. The Kier molecular flexibility index (Phi) is 5.35. The fraction of sp³-hybridized carbons (Fsp3) is 0.500. The van der Waals surface area contributed by atoms with Gasteiger partial charge in [-0.05, 0) is 29.5 Å². The van der Waals surface area contributed by atoms with Gasteiger partial charge in [0.25, 0.3) is 0 Å². The number of amides is 1. The van der Waals surface area contributed by atoms with Crippen molar-refractivity contribution >= 4 is 11.9 Å². The Balaban J connectivity index is 2.79. The topological polar surface area (TPSA) is 75.6 Å². The van der Waals surface area contributed by atoms with E-state index in [0.717, 1.165) is 5.56 Å². The fourth-order valence-corrected chi connectivity index (χ4v) is 1.87. The molecule has 0 radical (unpaired) electrons. The van der Waals surface area contributed by atoms with Gasteiger partial charge in [-0.15, -0.1) is 0 Å². The van der Waals surface area contributed by atoms with Gasteiger partial charge in [0.1, 0.15) is 12.4 Å². The highest BCUT2D eigenvalue weighted by Gasteiger charge is 2.20. The molecule has 0 spiro atoms. The second-order valence-electron chi connectivity index (χ2n) is 6.13. The summed E-state index contributed by atoms with van der Waals surface area (Å²) in [6.45, 7) is 9.46. The van der Waals surface area contributed by atoms with Crippen molar-refractivity contribution in [3.63, 3.8) is 0 Å². The van der Waals surface area contributed by atoms with Crippen LogP contribution in [0.15, 0.2) is 18.2 Å². The lowest BCUT2D eigenvalue weighted by Gasteiger charge is -2.21. The molecule has 1 rings (SSSR count). The zero-order chi connectivity index (χ0) is 16.2. The van der Waals surface area contributed by atoms with Gasteiger partial charge in [0.15, 0.2) is 6.04 Å². The largest absolute Gasteiger partial charge is 0.491 e. The second kappa shape index (κ2) is 6.61. The van der Waals surface area contributed by atoms with Crippen LogP contribution in [0.25, 0.3) is 0 Å². The van der Waals surface area contributed by atoms with Gasteiger partial charge in [-0.2, -0.15) is 0 Å². The lowest BCUT2D eigenvalue weighted by atomic mass is 9.86. The van der Waals surface area contributed by atoms with Crippen LogP contribution in [0.2, 0.25) is 0 Å². The number of carbonyl (C=O) groups excluding carboxylic acids is 1. The van der Waals surface area contributed by atoms with Crippen molar-refractivity contribution in [1.82, 2.24) is 5.32 Å². The van der Waals surface area contributed by atoms with Crippen molar-refractivity contribution in [2.24, 2.45) is 0 Å². The predicted molar refractivity (Wildman–Crippen MR) is 80.6 cm³/mol. The van der Waals surface area contributed by atoms with Crippen molar-refractivity contribution in [2.45, 2.75) is 46.1 Å². The van der Waals surface area contributed by atoms with E-state index in [2.05, 4.69) is 26.1 Å². The predicted octanol–water partition coefficient (Wildman–Crippen LogP) is 2.26. The maximum absolute atomic E-state index is 11.0. The average Bonchev–Trinajstić information content (AvgIpc) is 2.33. The molecule has 0 bridgehead atoms. The highest BCUT2D eigenvalue weighted by molar-refractivity contribution is 5.82. The number of ether oxygens (including phenoxy) is 1. The van der Waals surface area contributed by atoms with E-state index in [1.165, 1.54) is 12.5 Å². The molecule has 5 heteroatoms. The number of nitrogens with one attached hydrogen (secondary N) is 1. The molecule has 2 N–H and O–H groups in total. The van der Waals surface area contributed by atoms with Gasteiger partial charge in [-0.3, -0.25) is 4.79 Å². The zero-order valence-corrected chi connectivity index (χ0v) is 13.2. The second-order valence-corrected chi connectivity index (χ2v) is 6.13. The summed E-state index contributed by atoms with van der Waals surface area (Å²) in [5.41, 5.74) is 2.17. The number of aliphatic carboxylic acids is 1. The van der Waals surface area contributed by atoms with Crippen LogP contribution in [0.5, 0.6) is 5.75 Å². The molecule has 21 heavy (non-hydrogen) atoms. The van der Waals surface area contributed by atoms with Crippen LogP contribution in [0, 0.1) is 6.92 Å². The molecule has 0 fully saturated rings. The summed E-state index contributed by atoms with van der Waals surface area (Å²) in [4.78, 5) is 22.0. The normalized spacial score (nSPS) is 12.6. The lowest BCUT2D eigenvalue weighted by molar-refractivity contribution is -0.142. The Bertz CT molecular complexity index is 532. The molecule has 5 nitrogen and oxygen atoms in total. The maximum Gasteiger partial charge on any atom is 0.329 e. The van der Waals surface area contributed by atoms with Crippen LogP contribution in [-0.2, 0) is 15.0 Å². The number of carbonyl (C=O) groups is 2. The Hall–Kier alpha value is -2.04. The van der Waals surface area contributed by atoms with Crippen LogP contribution < -0.4 is 10.1 Å². The molecule has 0 aliphatic heterocycles. The number of benzene rings is 1. The summed E-state index contributed by atoms with van der Waals surface area (Å²) < 4.78 is 5.53. The van der Waals surface area contributed by atoms with Gasteiger partial charge in [-0.25, -0.2) is 4.79 Å². The SMILES string of the molecule is CC(=O)NC(COc1ccc(C(C)(C)C)cc1C)C(=O)O. The molecular weight excluding hydrogens is 270 g/mol. The highest BCUT2D eigenvalue weighted by atomic mass is 16.5. The quantitative estimate of drug-likeness (QED) is 0.873. The van der Waals surface area contributed by atoms with Gasteiger partial charge in [0.05, 0.1) is 0 Å². The molecule has 116 valence electrons. The van der Waals surface area contributed by atoms with Crippen molar-refractivity contribution in [2.75, 3.05) is 6.61 Å². The van der Waals surface area contributed by atoms with Crippen molar-refractivity contribution in [3.05, 3.63) is 29.3 Å². The Morgan fingerprint density at radius 3 is 2.38 bits per heavy atom. The summed E-state index contributed by atoms with van der Waals surface area (Å²) in [5, 5.41) is 11.4. The van der Waals surface area contributed by atoms with Crippen LogP contribution in [0.3, 0.4) is 0 Å². The van der Waals surface area contributed by atoms with E-state index in [9.17, 15) is 9.59 Å². The van der Waals surface area contributed by atoms with Crippen LogP contribution >= 0.6 is 0 Å². The zero-order valence-electron chi connectivity index (χ0n) is 13.2. The van der Waals surface area contributed by atoms with E-state index in [1.54, 1.807) is 0 Å². The fourth-order valence-electron chi connectivity index (χ4n) is 1.87. The van der Waals surface area contributed by atoms with Crippen molar-refractivity contribution in [3.8, 4) is 5.75 Å². The van der Waals surface area contributed by atoms with E-state index >= 15 is 0 Å². The van der Waals surface area contributed by atoms with Gasteiger partial charge in [0.2, 0.25) is 5.91 Å². The number of hydrogen-bond donors (Lipinski definition) is 2. The first-order chi connectivity index (χ1) is 9.61. The first kappa shape index (κ1) is 17.0. The molecule has 1 aromatic rings. The molecule has 1 aromatic carbocycles. The first-order valence-electron chi connectivity index (χ1n) is 6.85. The maximum atomic E-state index is 11.0. The smallest absolute Gasteiger partial charge is 0.329 e. The van der Waals surface area contributed by atoms with E-state index in [1.807, 2.05) is 25.1 Å². The third-order valence-corrected chi connectivity index (χ3v) is 3.12. The molecule has 1 amide bonds. The first-order valence-corrected chi connectivity index (χ1v) is 6.85. The van der Waals surface area contributed by atoms with E-state index in [-0.39, 0.29) is 12.0 Å².